The van der Waals surface area contributed by atoms with Crippen molar-refractivity contribution in [3.8, 4) is 11.3 Å². The molecule has 2 aromatic carbocycles. The summed E-state index contributed by atoms with van der Waals surface area (Å²) < 4.78 is 5.67. The van der Waals surface area contributed by atoms with E-state index in [4.69, 9.17) is 27.6 Å². The highest BCUT2D eigenvalue weighted by Crippen LogP contribution is 2.31. The molecule has 0 saturated carbocycles. The molecule has 0 aliphatic rings. The lowest BCUT2D eigenvalue weighted by molar-refractivity contribution is 0.0951. The number of aromatic amines is 1. The maximum Gasteiger partial charge on any atom is 0.292 e. The van der Waals surface area contributed by atoms with Crippen LogP contribution in [-0.2, 0) is 0 Å². The molecule has 0 bridgehead atoms. The number of amides is 1. The topological polar surface area (TPSA) is 100 Å². The second kappa shape index (κ2) is 7.90. The van der Waals surface area contributed by atoms with Crippen molar-refractivity contribution in [2.75, 3.05) is 0 Å². The van der Waals surface area contributed by atoms with Crippen molar-refractivity contribution in [1.29, 1.82) is 0 Å². The van der Waals surface area contributed by atoms with Crippen LogP contribution in [0.25, 0.3) is 22.1 Å². The van der Waals surface area contributed by atoms with E-state index in [-0.39, 0.29) is 11.3 Å². The van der Waals surface area contributed by atoms with Gasteiger partial charge in [0.2, 0.25) is 0 Å². The van der Waals surface area contributed by atoms with Gasteiger partial charge in [-0.05, 0) is 36.4 Å². The van der Waals surface area contributed by atoms with Gasteiger partial charge in [0.25, 0.3) is 11.5 Å². The number of hydrogen-bond acceptors (Lipinski definition) is 5. The number of halogens is 2. The van der Waals surface area contributed by atoms with E-state index < -0.39 is 5.91 Å². The zero-order valence-electron chi connectivity index (χ0n) is 14.6. The number of furan rings is 1. The van der Waals surface area contributed by atoms with Gasteiger partial charge in [-0.1, -0.05) is 41.4 Å². The average Bonchev–Trinajstić information content (AvgIpc) is 3.19. The third-order valence-corrected chi connectivity index (χ3v) is 4.65. The fraction of sp³-hybridized carbons (Fsp3) is 0. The number of rotatable bonds is 4. The van der Waals surface area contributed by atoms with Crippen molar-refractivity contribution in [2.24, 2.45) is 5.10 Å². The molecule has 0 atom stereocenters. The number of hydrogen-bond donors (Lipinski definition) is 2. The van der Waals surface area contributed by atoms with Gasteiger partial charge in [-0.3, -0.25) is 9.59 Å². The molecule has 2 heterocycles. The molecule has 1 amide bonds. The molecular weight excluding hydrogens is 415 g/mol. The third kappa shape index (κ3) is 3.91. The Balaban J connectivity index is 1.52. The van der Waals surface area contributed by atoms with Crippen LogP contribution in [0.4, 0.5) is 0 Å². The first kappa shape index (κ1) is 18.9. The number of carbonyl (C=O) groups is 1. The van der Waals surface area contributed by atoms with Gasteiger partial charge >= 0.3 is 0 Å². The molecule has 29 heavy (non-hydrogen) atoms. The first-order valence-electron chi connectivity index (χ1n) is 8.39. The number of H-pyrrole nitrogens is 1. The zero-order chi connectivity index (χ0) is 20.4. The van der Waals surface area contributed by atoms with Crippen LogP contribution in [0, 0.1) is 0 Å². The maximum atomic E-state index is 12.4. The monoisotopic (exact) mass is 426 g/mol. The van der Waals surface area contributed by atoms with E-state index in [0.29, 0.717) is 37.9 Å². The highest BCUT2D eigenvalue weighted by molar-refractivity contribution is 6.35. The molecule has 9 heteroatoms. The molecule has 7 nitrogen and oxygen atoms in total. The normalized spacial score (nSPS) is 11.2. The Morgan fingerprint density at radius 1 is 1.10 bits per heavy atom. The summed E-state index contributed by atoms with van der Waals surface area (Å²) in [5.41, 5.74) is 2.70. The van der Waals surface area contributed by atoms with Gasteiger partial charge in [0.05, 0.1) is 16.6 Å². The first-order chi connectivity index (χ1) is 14.0. The van der Waals surface area contributed by atoms with Crippen LogP contribution < -0.4 is 11.0 Å². The molecule has 2 N–H and O–H groups in total. The minimum absolute atomic E-state index is 0.0585. The molecular formula is C20H12Cl2N4O3. The number of nitrogens with one attached hydrogen (secondary N) is 2. The Morgan fingerprint density at radius 2 is 1.90 bits per heavy atom. The number of aromatic nitrogens is 2. The molecule has 144 valence electrons. The summed E-state index contributed by atoms with van der Waals surface area (Å²) in [7, 11) is 0. The lowest BCUT2D eigenvalue weighted by atomic mass is 10.1. The number of nitrogens with zero attached hydrogens (tertiary/aromatic N) is 2. The molecule has 0 radical (unpaired) electrons. The smallest absolute Gasteiger partial charge is 0.292 e. The summed E-state index contributed by atoms with van der Waals surface area (Å²) in [5.74, 6) is 0.340. The molecule has 4 rings (SSSR count). The summed E-state index contributed by atoms with van der Waals surface area (Å²) >= 11 is 12.2. The van der Waals surface area contributed by atoms with Crippen LogP contribution in [0.2, 0.25) is 10.0 Å². The highest BCUT2D eigenvalue weighted by Gasteiger charge is 2.13. The maximum absolute atomic E-state index is 12.4. The van der Waals surface area contributed by atoms with Crippen LogP contribution in [0.15, 0.2) is 68.9 Å². The predicted octanol–water partition coefficient (Wildman–Crippen LogP) is 4.25. The lowest BCUT2D eigenvalue weighted by Gasteiger charge is -2.02. The lowest BCUT2D eigenvalue weighted by Crippen LogP contribution is -2.22. The Kier molecular flexibility index (Phi) is 5.16. The van der Waals surface area contributed by atoms with E-state index in [1.807, 2.05) is 0 Å². The molecule has 4 aromatic rings. The SMILES string of the molecule is O=C(N/N=C/c1ccc(-c2cc(Cl)ccc2Cl)o1)c1n[nH]c(=O)c2ccccc12. The van der Waals surface area contributed by atoms with E-state index in [1.54, 1.807) is 54.6 Å². The fourth-order valence-electron chi connectivity index (χ4n) is 2.75. The molecule has 0 unspecified atom stereocenters. The van der Waals surface area contributed by atoms with Crippen molar-refractivity contribution in [1.82, 2.24) is 15.6 Å². The van der Waals surface area contributed by atoms with Gasteiger partial charge in [-0.25, -0.2) is 10.5 Å². The number of carbonyl (C=O) groups excluding carboxylic acids is 1. The highest BCUT2D eigenvalue weighted by atomic mass is 35.5. The standard InChI is InChI=1S/C20H12Cl2N4O3/c21-11-5-7-16(22)15(9-11)17-8-6-12(29-17)10-23-25-20(28)18-13-3-1-2-4-14(13)19(27)26-24-18/h1-10H,(H,25,28)(H,26,27)/b23-10+. The van der Waals surface area contributed by atoms with E-state index in [9.17, 15) is 9.59 Å². The Morgan fingerprint density at radius 3 is 2.72 bits per heavy atom. The van der Waals surface area contributed by atoms with Gasteiger partial charge < -0.3 is 4.42 Å². The van der Waals surface area contributed by atoms with E-state index in [2.05, 4.69) is 20.7 Å². The molecule has 0 saturated heterocycles. The number of fused-ring (bicyclic) bond motifs is 1. The second-order valence-corrected chi connectivity index (χ2v) is 6.82. The third-order valence-electron chi connectivity index (χ3n) is 4.09. The molecule has 0 aliphatic carbocycles. The first-order valence-corrected chi connectivity index (χ1v) is 9.14. The fourth-order valence-corrected chi connectivity index (χ4v) is 3.13. The summed E-state index contributed by atoms with van der Waals surface area (Å²) in [6.07, 6.45) is 1.34. The molecule has 0 fully saturated rings. The van der Waals surface area contributed by atoms with Crippen LogP contribution in [0.5, 0.6) is 0 Å². The molecule has 2 aromatic heterocycles. The van der Waals surface area contributed by atoms with Crippen molar-refractivity contribution >= 4 is 46.1 Å². The van der Waals surface area contributed by atoms with Crippen molar-refractivity contribution in [3.63, 3.8) is 0 Å². The minimum atomic E-state index is -0.571. The van der Waals surface area contributed by atoms with Crippen LogP contribution in [-0.4, -0.2) is 22.3 Å². The van der Waals surface area contributed by atoms with Crippen LogP contribution >= 0.6 is 23.2 Å². The molecule has 0 spiro atoms. The Bertz CT molecular complexity index is 1310. The zero-order valence-corrected chi connectivity index (χ0v) is 16.2. The molecule has 0 aliphatic heterocycles. The van der Waals surface area contributed by atoms with Crippen LogP contribution in [0.3, 0.4) is 0 Å². The van der Waals surface area contributed by atoms with Gasteiger partial charge in [0.15, 0.2) is 5.69 Å². The van der Waals surface area contributed by atoms with Crippen LogP contribution in [0.1, 0.15) is 16.2 Å². The Labute approximate surface area is 174 Å². The second-order valence-electron chi connectivity index (χ2n) is 5.97. The largest absolute Gasteiger partial charge is 0.455 e. The van der Waals surface area contributed by atoms with E-state index in [0.717, 1.165) is 0 Å². The van der Waals surface area contributed by atoms with Crippen molar-refractivity contribution in [2.45, 2.75) is 0 Å². The summed E-state index contributed by atoms with van der Waals surface area (Å²) in [5, 5.41) is 11.8. The van der Waals surface area contributed by atoms with Gasteiger partial charge in [0, 0.05) is 16.0 Å². The Hall–Kier alpha value is -3.42. The summed E-state index contributed by atoms with van der Waals surface area (Å²) in [4.78, 5) is 24.2. The number of hydrazone groups is 1. The summed E-state index contributed by atoms with van der Waals surface area (Å²) in [6.45, 7) is 0. The quantitative estimate of drug-likeness (QED) is 0.376. The summed E-state index contributed by atoms with van der Waals surface area (Å²) in [6, 6.07) is 15.1. The van der Waals surface area contributed by atoms with Gasteiger partial charge in [-0.15, -0.1) is 0 Å². The average molecular weight is 427 g/mol. The van der Waals surface area contributed by atoms with E-state index in [1.165, 1.54) is 6.21 Å². The van der Waals surface area contributed by atoms with E-state index >= 15 is 0 Å². The van der Waals surface area contributed by atoms with Crippen molar-refractivity contribution in [3.05, 3.63) is 86.5 Å². The predicted molar refractivity (Wildman–Crippen MR) is 112 cm³/mol. The van der Waals surface area contributed by atoms with Gasteiger partial charge in [0.1, 0.15) is 11.5 Å². The minimum Gasteiger partial charge on any atom is -0.455 e. The van der Waals surface area contributed by atoms with Crippen molar-refractivity contribution < 1.29 is 9.21 Å². The van der Waals surface area contributed by atoms with Gasteiger partial charge in [-0.2, -0.15) is 10.2 Å². The number of benzene rings is 2.